The molecular formula is C13H10N2O3. The molecule has 2 aromatic heterocycles. The van der Waals surface area contributed by atoms with E-state index in [0.717, 1.165) is 11.1 Å². The van der Waals surface area contributed by atoms with Crippen LogP contribution in [0.25, 0.3) is 22.8 Å². The van der Waals surface area contributed by atoms with E-state index in [1.807, 2.05) is 6.07 Å². The molecule has 90 valence electrons. The first-order valence-corrected chi connectivity index (χ1v) is 5.41. The summed E-state index contributed by atoms with van der Waals surface area (Å²) in [6.07, 6.45) is 3.09. The van der Waals surface area contributed by atoms with Gasteiger partial charge in [0.05, 0.1) is 11.8 Å². The van der Waals surface area contributed by atoms with Gasteiger partial charge in [-0.3, -0.25) is 0 Å². The first-order chi connectivity index (χ1) is 8.75. The number of hydrogen-bond donors (Lipinski definition) is 1. The van der Waals surface area contributed by atoms with Crippen molar-refractivity contribution in [3.05, 3.63) is 42.4 Å². The van der Waals surface area contributed by atoms with Gasteiger partial charge < -0.3 is 14.0 Å². The van der Waals surface area contributed by atoms with Crippen molar-refractivity contribution < 1.29 is 14.0 Å². The number of nitrogens with zero attached hydrogens (tertiary/aromatic N) is 2. The molecule has 0 radical (unpaired) electrons. The minimum atomic E-state index is 0.204. The average molecular weight is 242 g/mol. The molecule has 1 aromatic carbocycles. The van der Waals surface area contributed by atoms with Crippen LogP contribution in [-0.2, 0) is 0 Å². The molecule has 0 unspecified atom stereocenters. The van der Waals surface area contributed by atoms with Crippen LogP contribution in [0.15, 0.2) is 45.7 Å². The highest BCUT2D eigenvalue weighted by atomic mass is 16.5. The number of benzene rings is 1. The molecule has 0 fully saturated rings. The van der Waals surface area contributed by atoms with Gasteiger partial charge in [0.2, 0.25) is 5.82 Å². The third-order valence-electron chi connectivity index (χ3n) is 2.74. The van der Waals surface area contributed by atoms with Gasteiger partial charge in [-0.05, 0) is 25.1 Å². The quantitative estimate of drug-likeness (QED) is 0.747. The maximum absolute atomic E-state index is 9.65. The van der Waals surface area contributed by atoms with Crippen LogP contribution in [0, 0.1) is 6.92 Å². The van der Waals surface area contributed by atoms with Gasteiger partial charge in [0, 0.05) is 11.1 Å². The molecule has 0 aliphatic heterocycles. The highest BCUT2D eigenvalue weighted by molar-refractivity contribution is 5.64. The van der Waals surface area contributed by atoms with E-state index < -0.39 is 0 Å². The second-order valence-corrected chi connectivity index (χ2v) is 3.88. The van der Waals surface area contributed by atoms with E-state index in [0.29, 0.717) is 17.3 Å². The number of rotatable bonds is 2. The first kappa shape index (κ1) is 10.6. The van der Waals surface area contributed by atoms with Gasteiger partial charge in [0.1, 0.15) is 12.0 Å². The minimum Gasteiger partial charge on any atom is -0.508 e. The molecule has 18 heavy (non-hydrogen) atoms. The van der Waals surface area contributed by atoms with Crippen LogP contribution in [0.4, 0.5) is 0 Å². The zero-order valence-corrected chi connectivity index (χ0v) is 9.62. The Morgan fingerprint density at radius 1 is 1.22 bits per heavy atom. The van der Waals surface area contributed by atoms with Crippen molar-refractivity contribution in [1.29, 1.82) is 0 Å². The van der Waals surface area contributed by atoms with E-state index in [9.17, 15) is 5.11 Å². The van der Waals surface area contributed by atoms with Gasteiger partial charge in [-0.25, -0.2) is 0 Å². The maximum Gasteiger partial charge on any atom is 0.258 e. The zero-order valence-electron chi connectivity index (χ0n) is 9.62. The van der Waals surface area contributed by atoms with Crippen LogP contribution in [0.5, 0.6) is 5.75 Å². The van der Waals surface area contributed by atoms with Crippen molar-refractivity contribution >= 4 is 0 Å². The fraction of sp³-hybridized carbons (Fsp3) is 0.0769. The molecule has 1 N–H and O–H groups in total. The van der Waals surface area contributed by atoms with Crippen molar-refractivity contribution in [2.45, 2.75) is 6.92 Å². The monoisotopic (exact) mass is 242 g/mol. The van der Waals surface area contributed by atoms with E-state index >= 15 is 0 Å². The van der Waals surface area contributed by atoms with Crippen LogP contribution >= 0.6 is 0 Å². The lowest BCUT2D eigenvalue weighted by Gasteiger charge is -2.01. The SMILES string of the molecule is Cc1c(O)cccc1-c1nc(-c2ccoc2)no1. The van der Waals surface area contributed by atoms with Gasteiger partial charge in [-0.15, -0.1) is 0 Å². The zero-order chi connectivity index (χ0) is 12.5. The average Bonchev–Trinajstić information content (AvgIpc) is 3.01. The Kier molecular flexibility index (Phi) is 2.37. The smallest absolute Gasteiger partial charge is 0.258 e. The van der Waals surface area contributed by atoms with Gasteiger partial charge >= 0.3 is 0 Å². The number of aromatic hydroxyl groups is 1. The van der Waals surface area contributed by atoms with Crippen molar-refractivity contribution in [2.75, 3.05) is 0 Å². The maximum atomic E-state index is 9.65. The predicted octanol–water partition coefficient (Wildman–Crippen LogP) is 3.01. The lowest BCUT2D eigenvalue weighted by atomic mass is 10.1. The summed E-state index contributed by atoms with van der Waals surface area (Å²) in [6, 6.07) is 6.93. The molecule has 0 spiro atoms. The lowest BCUT2D eigenvalue weighted by molar-refractivity contribution is 0.430. The second-order valence-electron chi connectivity index (χ2n) is 3.88. The molecule has 5 nitrogen and oxygen atoms in total. The van der Waals surface area contributed by atoms with Gasteiger partial charge in [-0.2, -0.15) is 4.98 Å². The molecular weight excluding hydrogens is 232 g/mol. The Balaban J connectivity index is 2.06. The van der Waals surface area contributed by atoms with E-state index in [1.54, 1.807) is 37.6 Å². The normalized spacial score (nSPS) is 10.7. The van der Waals surface area contributed by atoms with Crippen LogP contribution < -0.4 is 0 Å². The van der Waals surface area contributed by atoms with Gasteiger partial charge in [0.15, 0.2) is 0 Å². The highest BCUT2D eigenvalue weighted by Gasteiger charge is 2.14. The van der Waals surface area contributed by atoms with Gasteiger partial charge in [0.25, 0.3) is 5.89 Å². The van der Waals surface area contributed by atoms with E-state index in [1.165, 1.54) is 0 Å². The summed E-state index contributed by atoms with van der Waals surface area (Å²) in [6.45, 7) is 1.80. The Bertz CT molecular complexity index is 671. The fourth-order valence-electron chi connectivity index (χ4n) is 1.70. The largest absolute Gasteiger partial charge is 0.508 e. The summed E-state index contributed by atoms with van der Waals surface area (Å²) in [5.41, 5.74) is 2.18. The van der Waals surface area contributed by atoms with Crippen molar-refractivity contribution in [1.82, 2.24) is 10.1 Å². The topological polar surface area (TPSA) is 72.3 Å². The highest BCUT2D eigenvalue weighted by Crippen LogP contribution is 2.29. The molecule has 3 aromatic rings. The van der Waals surface area contributed by atoms with Crippen molar-refractivity contribution in [2.24, 2.45) is 0 Å². The summed E-state index contributed by atoms with van der Waals surface area (Å²) in [5, 5.41) is 13.5. The number of hydrogen-bond acceptors (Lipinski definition) is 5. The molecule has 0 saturated carbocycles. The number of phenols is 1. The lowest BCUT2D eigenvalue weighted by Crippen LogP contribution is -1.84. The van der Waals surface area contributed by atoms with Crippen LogP contribution in [-0.4, -0.2) is 15.2 Å². The van der Waals surface area contributed by atoms with Crippen LogP contribution in [0.1, 0.15) is 5.56 Å². The summed E-state index contributed by atoms with van der Waals surface area (Å²) in [4.78, 5) is 4.28. The summed E-state index contributed by atoms with van der Waals surface area (Å²) in [7, 11) is 0. The van der Waals surface area contributed by atoms with E-state index in [2.05, 4.69) is 10.1 Å². The fourth-order valence-corrected chi connectivity index (χ4v) is 1.70. The second kappa shape index (κ2) is 4.03. The minimum absolute atomic E-state index is 0.204. The molecule has 2 heterocycles. The number of phenolic OH excluding ortho intramolecular Hbond substituents is 1. The Morgan fingerprint density at radius 2 is 2.11 bits per heavy atom. The molecule has 0 bridgehead atoms. The first-order valence-electron chi connectivity index (χ1n) is 5.41. The molecule has 0 saturated heterocycles. The molecule has 3 rings (SSSR count). The van der Waals surface area contributed by atoms with Crippen molar-refractivity contribution in [3.63, 3.8) is 0 Å². The van der Waals surface area contributed by atoms with Crippen molar-refractivity contribution in [3.8, 4) is 28.6 Å². The van der Waals surface area contributed by atoms with E-state index in [4.69, 9.17) is 8.94 Å². The Labute approximate surface area is 103 Å². The summed E-state index contributed by atoms with van der Waals surface area (Å²) < 4.78 is 10.2. The van der Waals surface area contributed by atoms with Crippen LogP contribution in [0.2, 0.25) is 0 Å². The third-order valence-corrected chi connectivity index (χ3v) is 2.74. The standard InChI is InChI=1S/C13H10N2O3/c1-8-10(3-2-4-11(8)16)13-14-12(15-18-13)9-5-6-17-7-9/h2-7,16H,1H3. The van der Waals surface area contributed by atoms with E-state index in [-0.39, 0.29) is 5.75 Å². The summed E-state index contributed by atoms with van der Waals surface area (Å²) >= 11 is 0. The van der Waals surface area contributed by atoms with Gasteiger partial charge in [-0.1, -0.05) is 11.2 Å². The molecule has 0 amide bonds. The summed E-state index contributed by atoms with van der Waals surface area (Å²) in [5.74, 6) is 1.04. The Hall–Kier alpha value is -2.56. The number of aromatic nitrogens is 2. The number of furan rings is 1. The molecule has 0 aliphatic rings. The molecule has 0 aliphatic carbocycles. The Morgan fingerprint density at radius 3 is 2.89 bits per heavy atom. The predicted molar refractivity (Wildman–Crippen MR) is 63.8 cm³/mol. The van der Waals surface area contributed by atoms with Crippen LogP contribution in [0.3, 0.4) is 0 Å². The molecule has 5 heteroatoms. The molecule has 0 atom stereocenters. The third kappa shape index (κ3) is 1.66.